The normalized spacial score (nSPS) is 16.1. The Kier molecular flexibility index (Phi) is 7.41. The minimum absolute atomic E-state index is 0.0584. The van der Waals surface area contributed by atoms with Gasteiger partial charge in [0.05, 0.1) is 51.5 Å². The Hall–Kier alpha value is -6.09. The summed E-state index contributed by atoms with van der Waals surface area (Å²) in [5.41, 5.74) is 13.8. The smallest absolute Gasteiger partial charge is 0.305 e. The summed E-state index contributed by atoms with van der Waals surface area (Å²) in [5, 5.41) is 3.43. The van der Waals surface area contributed by atoms with Gasteiger partial charge in [0.25, 0.3) is 5.56 Å². The first kappa shape index (κ1) is 32.8. The molecule has 2 N–H and O–H groups in total. The molecule has 2 aliphatic rings. The zero-order valence-electron chi connectivity index (χ0n) is 30.8. The molecule has 9 rings (SSSR count). The summed E-state index contributed by atoms with van der Waals surface area (Å²) >= 11 is 0. The van der Waals surface area contributed by atoms with Crippen LogP contribution in [-0.2, 0) is 9.53 Å². The second-order valence-corrected chi connectivity index (χ2v) is 14.5. The van der Waals surface area contributed by atoms with Crippen LogP contribution in [0, 0.1) is 13.8 Å². The van der Waals surface area contributed by atoms with Gasteiger partial charge < -0.3 is 14.7 Å². The summed E-state index contributed by atoms with van der Waals surface area (Å²) in [5.74, 6) is -0.497. The van der Waals surface area contributed by atoms with Gasteiger partial charge in [-0.15, -0.1) is 0 Å². The zero-order valence-corrected chi connectivity index (χ0v) is 30.8. The molecular formula is C44H40N6O3. The highest BCUT2D eigenvalue weighted by molar-refractivity contribution is 6.11. The minimum Gasteiger partial charge on any atom is -0.469 e. The Morgan fingerprint density at radius 1 is 0.925 bits per heavy atom. The number of rotatable bonds is 5. The summed E-state index contributed by atoms with van der Waals surface area (Å²) in [6.45, 7) is 14.7. The van der Waals surface area contributed by atoms with Gasteiger partial charge in [0.1, 0.15) is 0 Å². The Morgan fingerprint density at radius 3 is 2.40 bits per heavy atom. The lowest BCUT2D eigenvalue weighted by atomic mass is 9.86. The van der Waals surface area contributed by atoms with E-state index in [1.165, 1.54) is 7.11 Å². The van der Waals surface area contributed by atoms with Crippen molar-refractivity contribution in [3.8, 4) is 0 Å². The predicted molar refractivity (Wildman–Crippen MR) is 214 cm³/mol. The molecule has 0 saturated carbocycles. The first-order valence-corrected chi connectivity index (χ1v) is 18.3. The number of aromatic amines is 2. The maximum Gasteiger partial charge on any atom is 0.305 e. The number of hydrogen-bond donors (Lipinski definition) is 2. The van der Waals surface area contributed by atoms with Crippen LogP contribution in [0.5, 0.6) is 0 Å². The van der Waals surface area contributed by atoms with E-state index in [9.17, 15) is 9.59 Å². The van der Waals surface area contributed by atoms with Gasteiger partial charge in [0, 0.05) is 46.1 Å². The van der Waals surface area contributed by atoms with E-state index in [1.54, 1.807) is 4.40 Å². The monoisotopic (exact) mass is 700 g/mol. The Labute approximate surface area is 305 Å². The van der Waals surface area contributed by atoms with Crippen molar-refractivity contribution in [3.05, 3.63) is 111 Å². The molecule has 0 unspecified atom stereocenters. The van der Waals surface area contributed by atoms with Gasteiger partial charge in [-0.3, -0.25) is 19.0 Å². The van der Waals surface area contributed by atoms with E-state index in [2.05, 4.69) is 80.6 Å². The second kappa shape index (κ2) is 12.0. The SMILES string of the molecule is C=Cc1c(C)c2cc3nc(c4c5[nH]c(cc6nc(cc1[nH]2)C(C)=C6CC)c(C)c5c(=O)n1c2cc5ccccc5cc2nc41)[C@@H](CCC(=O)OC)[C@@H]3C. The highest BCUT2D eigenvalue weighted by Gasteiger charge is 2.33. The van der Waals surface area contributed by atoms with E-state index < -0.39 is 0 Å². The number of esters is 1. The van der Waals surface area contributed by atoms with Crippen molar-refractivity contribution in [2.45, 2.75) is 65.7 Å². The second-order valence-electron chi connectivity index (χ2n) is 14.5. The number of fused-ring (bicyclic) bond motifs is 13. The molecule has 0 spiro atoms. The summed E-state index contributed by atoms with van der Waals surface area (Å²) in [7, 11) is 1.42. The van der Waals surface area contributed by atoms with E-state index >= 15 is 0 Å². The van der Waals surface area contributed by atoms with Crippen LogP contribution in [-0.4, -0.2) is 42.4 Å². The molecule has 7 aromatic rings. The van der Waals surface area contributed by atoms with E-state index in [0.717, 1.165) is 101 Å². The lowest BCUT2D eigenvalue weighted by molar-refractivity contribution is -0.140. The minimum atomic E-state index is -0.275. The van der Waals surface area contributed by atoms with E-state index in [-0.39, 0.29) is 29.8 Å². The molecule has 5 aromatic heterocycles. The van der Waals surface area contributed by atoms with Crippen molar-refractivity contribution < 1.29 is 9.53 Å². The van der Waals surface area contributed by atoms with E-state index in [4.69, 9.17) is 19.7 Å². The number of aromatic nitrogens is 6. The van der Waals surface area contributed by atoms with E-state index in [0.29, 0.717) is 23.0 Å². The summed E-state index contributed by atoms with van der Waals surface area (Å²) in [4.78, 5) is 50.7. The number of H-pyrrole nitrogens is 2. The number of pyridine rings is 1. The fraction of sp³-hybridized carbons (Fsp3) is 0.250. The number of ether oxygens (including phenoxy) is 1. The predicted octanol–water partition coefficient (Wildman–Crippen LogP) is 9.66. The number of nitrogens with one attached hydrogen (secondary N) is 2. The number of imidazole rings is 1. The number of methoxy groups -OCH3 is 1. The van der Waals surface area contributed by atoms with Crippen LogP contribution in [0.15, 0.2) is 66.0 Å². The number of carbonyl (C=O) groups excluding carboxylic acids is 1. The topological polar surface area (TPSA) is 118 Å². The fourth-order valence-electron chi connectivity index (χ4n) is 8.68. The quantitative estimate of drug-likeness (QED) is 0.173. The Morgan fingerprint density at radius 2 is 1.66 bits per heavy atom. The number of allylic oxidation sites excluding steroid dienone is 2. The van der Waals surface area contributed by atoms with Crippen LogP contribution >= 0.6 is 0 Å². The van der Waals surface area contributed by atoms with Crippen molar-refractivity contribution >= 4 is 83.5 Å². The summed E-state index contributed by atoms with van der Waals surface area (Å²) in [6, 6.07) is 18.5. The molecule has 8 bridgehead atoms. The van der Waals surface area contributed by atoms with Crippen molar-refractivity contribution in [2.24, 2.45) is 0 Å². The molecule has 9 nitrogen and oxygen atoms in total. The molecule has 9 heteroatoms. The van der Waals surface area contributed by atoms with Crippen LogP contribution in [0.25, 0.3) is 77.5 Å². The number of carbonyl (C=O) groups is 1. The highest BCUT2D eigenvalue weighted by atomic mass is 16.5. The standard InChI is InChI=1S/C44H40N6O3/c1-8-27-21(3)30-18-32-23(5)29(14-15-38(51)53-7)41(47-32)40-42-39(44(52)50-37-17-26-13-11-10-12-25(26)16-36(37)49-43(40)50)24(6)33(48-42)20-35-28(9-2)22(4)31(46-35)19-34(27)45-30/h8,10-13,16-20,23,29,45,48H,1,9,14-15H2,2-7H3/t23-,29-/m0/s1. The highest BCUT2D eigenvalue weighted by Crippen LogP contribution is 2.44. The van der Waals surface area contributed by atoms with Gasteiger partial charge in [0.15, 0.2) is 5.65 Å². The number of nitrogens with zero attached hydrogens (tertiary/aromatic N) is 4. The summed E-state index contributed by atoms with van der Waals surface area (Å²) < 4.78 is 6.87. The summed E-state index contributed by atoms with van der Waals surface area (Å²) in [6.07, 6.45) is 3.43. The molecule has 0 aliphatic carbocycles. The van der Waals surface area contributed by atoms with Crippen LogP contribution in [0.3, 0.4) is 0 Å². The maximum atomic E-state index is 14.9. The molecule has 2 aliphatic heterocycles. The molecule has 0 fully saturated rings. The van der Waals surface area contributed by atoms with Gasteiger partial charge in [-0.1, -0.05) is 50.8 Å². The molecule has 264 valence electrons. The van der Waals surface area contributed by atoms with Crippen molar-refractivity contribution in [1.82, 2.24) is 29.3 Å². The molecule has 0 saturated heterocycles. The molecule has 0 amide bonds. The van der Waals surface area contributed by atoms with Crippen LogP contribution < -0.4 is 5.56 Å². The van der Waals surface area contributed by atoms with Gasteiger partial charge in [-0.25, -0.2) is 9.97 Å². The molecular weight excluding hydrogens is 661 g/mol. The first-order chi connectivity index (χ1) is 25.6. The van der Waals surface area contributed by atoms with Crippen molar-refractivity contribution in [2.75, 3.05) is 7.11 Å². The molecule has 2 atom stereocenters. The average molecular weight is 701 g/mol. The largest absolute Gasteiger partial charge is 0.469 e. The fourth-order valence-corrected chi connectivity index (χ4v) is 8.68. The Bertz CT molecular complexity index is 3000. The van der Waals surface area contributed by atoms with Crippen LogP contribution in [0.1, 0.15) is 91.3 Å². The van der Waals surface area contributed by atoms with Gasteiger partial charge in [0.2, 0.25) is 0 Å². The average Bonchev–Trinajstić information content (AvgIpc) is 3.92. The molecule has 53 heavy (non-hydrogen) atoms. The number of hydrogen-bond acceptors (Lipinski definition) is 6. The molecule has 7 heterocycles. The maximum absolute atomic E-state index is 14.9. The van der Waals surface area contributed by atoms with Gasteiger partial charge >= 0.3 is 5.97 Å². The van der Waals surface area contributed by atoms with Crippen molar-refractivity contribution in [1.29, 1.82) is 0 Å². The van der Waals surface area contributed by atoms with Gasteiger partial charge in [-0.05, 0) is 97.0 Å². The zero-order chi connectivity index (χ0) is 36.9. The van der Waals surface area contributed by atoms with Crippen LogP contribution in [0.2, 0.25) is 0 Å². The van der Waals surface area contributed by atoms with Gasteiger partial charge in [-0.2, -0.15) is 0 Å². The lowest BCUT2D eigenvalue weighted by Crippen LogP contribution is -2.14. The number of aryl methyl sites for hydroxylation is 2. The lowest BCUT2D eigenvalue weighted by Gasteiger charge is -2.16. The van der Waals surface area contributed by atoms with Crippen molar-refractivity contribution in [3.63, 3.8) is 0 Å². The number of benzene rings is 2. The third-order valence-corrected chi connectivity index (χ3v) is 11.7. The molecule has 0 radical (unpaired) electrons. The third-order valence-electron chi connectivity index (χ3n) is 11.7. The first-order valence-electron chi connectivity index (χ1n) is 18.3. The molecule has 2 aromatic carbocycles. The third kappa shape index (κ3) is 4.79. The Balaban J connectivity index is 1.53. The van der Waals surface area contributed by atoms with Crippen LogP contribution in [0.4, 0.5) is 0 Å². The van der Waals surface area contributed by atoms with E-state index in [1.807, 2.05) is 31.2 Å².